The highest BCUT2D eigenvalue weighted by Crippen LogP contribution is 2.38. The van der Waals surface area contributed by atoms with Crippen molar-refractivity contribution in [1.29, 1.82) is 0 Å². The quantitative estimate of drug-likeness (QED) is 0.391. The van der Waals surface area contributed by atoms with Crippen LogP contribution in [-0.4, -0.2) is 58.5 Å². The van der Waals surface area contributed by atoms with Crippen LogP contribution in [0.15, 0.2) is 72.9 Å². The fourth-order valence-electron chi connectivity index (χ4n) is 4.92. The minimum Gasteiger partial charge on any atom is -0.465 e. The highest BCUT2D eigenvalue weighted by Gasteiger charge is 2.36. The molecule has 196 valence electrons. The number of hydrogen-bond donors (Lipinski definition) is 1. The van der Waals surface area contributed by atoms with Gasteiger partial charge in [-0.15, -0.1) is 0 Å². The van der Waals surface area contributed by atoms with Gasteiger partial charge in [-0.25, -0.2) is 9.48 Å². The summed E-state index contributed by atoms with van der Waals surface area (Å²) >= 11 is 0. The number of rotatable bonds is 6. The molecule has 1 aliphatic rings. The van der Waals surface area contributed by atoms with Gasteiger partial charge in [0.05, 0.1) is 36.3 Å². The fraction of sp³-hybridized carbons (Fsp3) is 0.276. The van der Waals surface area contributed by atoms with Gasteiger partial charge >= 0.3 is 12.0 Å². The van der Waals surface area contributed by atoms with Crippen molar-refractivity contribution in [2.45, 2.75) is 26.4 Å². The summed E-state index contributed by atoms with van der Waals surface area (Å²) in [6.45, 7) is 4.07. The molecule has 38 heavy (non-hydrogen) atoms. The van der Waals surface area contributed by atoms with Gasteiger partial charge in [0.15, 0.2) is 0 Å². The second kappa shape index (κ2) is 10.5. The lowest BCUT2D eigenvalue weighted by molar-refractivity contribution is -0.141. The van der Waals surface area contributed by atoms with E-state index in [1.807, 2.05) is 91.4 Å². The maximum atomic E-state index is 13.7. The fourth-order valence-corrected chi connectivity index (χ4v) is 4.92. The maximum Gasteiger partial charge on any atom is 0.325 e. The van der Waals surface area contributed by atoms with E-state index in [1.54, 1.807) is 11.8 Å². The van der Waals surface area contributed by atoms with Crippen molar-refractivity contribution < 1.29 is 14.3 Å². The number of anilines is 1. The van der Waals surface area contributed by atoms with Gasteiger partial charge < -0.3 is 24.4 Å². The summed E-state index contributed by atoms with van der Waals surface area (Å²) < 4.78 is 9.08. The zero-order chi connectivity index (χ0) is 26.8. The van der Waals surface area contributed by atoms with Crippen molar-refractivity contribution in [3.05, 3.63) is 95.4 Å². The van der Waals surface area contributed by atoms with Crippen molar-refractivity contribution in [3.63, 3.8) is 0 Å². The van der Waals surface area contributed by atoms with E-state index < -0.39 is 12.0 Å². The molecule has 0 aliphatic carbocycles. The molecular formula is C29H32N6O3. The Morgan fingerprint density at radius 2 is 1.79 bits per heavy atom. The average Bonchev–Trinajstić information content (AvgIpc) is 3.48. The third-order valence-electron chi connectivity index (χ3n) is 6.76. The predicted molar refractivity (Wildman–Crippen MR) is 146 cm³/mol. The molecule has 3 heterocycles. The number of para-hydroxylation sites is 1. The van der Waals surface area contributed by atoms with Gasteiger partial charge in [0.1, 0.15) is 12.4 Å². The second-order valence-corrected chi connectivity index (χ2v) is 9.42. The molecule has 0 saturated heterocycles. The van der Waals surface area contributed by atoms with Gasteiger partial charge in [-0.05, 0) is 55.8 Å². The summed E-state index contributed by atoms with van der Waals surface area (Å²) in [7, 11) is 3.99. The number of ether oxygens (including phenoxy) is 1. The molecule has 1 atom stereocenters. The zero-order valence-corrected chi connectivity index (χ0v) is 22.1. The lowest BCUT2D eigenvalue weighted by Crippen LogP contribution is -2.44. The van der Waals surface area contributed by atoms with Crippen LogP contribution in [0, 0.1) is 6.92 Å². The highest BCUT2D eigenvalue weighted by molar-refractivity contribution is 5.81. The van der Waals surface area contributed by atoms with E-state index in [0.29, 0.717) is 6.54 Å². The van der Waals surface area contributed by atoms with Crippen LogP contribution in [0.5, 0.6) is 0 Å². The number of aryl methyl sites for hydroxylation is 1. The van der Waals surface area contributed by atoms with Crippen molar-refractivity contribution in [2.75, 3.05) is 32.1 Å². The molecule has 9 heteroatoms. The first-order valence-electron chi connectivity index (χ1n) is 12.7. The Morgan fingerprint density at radius 3 is 2.47 bits per heavy atom. The molecule has 0 unspecified atom stereocenters. The first-order valence-corrected chi connectivity index (χ1v) is 12.7. The monoisotopic (exact) mass is 512 g/mol. The molecule has 2 aromatic heterocycles. The van der Waals surface area contributed by atoms with E-state index in [4.69, 9.17) is 9.84 Å². The van der Waals surface area contributed by atoms with E-state index in [2.05, 4.69) is 22.0 Å². The molecule has 0 saturated carbocycles. The molecule has 1 N–H and O–H groups in total. The van der Waals surface area contributed by atoms with Gasteiger partial charge in [0, 0.05) is 31.5 Å². The Morgan fingerprint density at radius 1 is 1.05 bits per heavy atom. The first-order chi connectivity index (χ1) is 18.4. The molecule has 2 aromatic carbocycles. The molecule has 0 spiro atoms. The summed E-state index contributed by atoms with van der Waals surface area (Å²) in [5.74, 6) is 0.420. The van der Waals surface area contributed by atoms with Gasteiger partial charge in [-0.1, -0.05) is 30.3 Å². The molecule has 0 bridgehead atoms. The first kappa shape index (κ1) is 25.1. The van der Waals surface area contributed by atoms with Gasteiger partial charge in [0.2, 0.25) is 0 Å². The number of aromatic nitrogens is 3. The Bertz CT molecular complexity index is 1440. The zero-order valence-electron chi connectivity index (χ0n) is 22.1. The van der Waals surface area contributed by atoms with Crippen molar-refractivity contribution in [3.8, 4) is 11.5 Å². The van der Waals surface area contributed by atoms with Gasteiger partial charge in [-0.3, -0.25) is 4.79 Å². The summed E-state index contributed by atoms with van der Waals surface area (Å²) in [6, 6.07) is 21.4. The molecule has 5 rings (SSSR count). The third kappa shape index (κ3) is 4.63. The number of carbonyl (C=O) groups excluding carboxylic acids is 2. The molecule has 0 radical (unpaired) electrons. The van der Waals surface area contributed by atoms with Crippen molar-refractivity contribution in [1.82, 2.24) is 24.6 Å². The molecule has 0 fully saturated rings. The van der Waals surface area contributed by atoms with E-state index in [9.17, 15) is 9.59 Å². The van der Waals surface area contributed by atoms with Crippen LogP contribution in [0.2, 0.25) is 0 Å². The number of carbonyl (C=O) groups is 2. The lowest BCUT2D eigenvalue weighted by Gasteiger charge is -2.31. The van der Waals surface area contributed by atoms with Gasteiger partial charge in [-0.2, -0.15) is 5.10 Å². The Kier molecular flexibility index (Phi) is 6.91. The molecule has 2 amide bonds. The van der Waals surface area contributed by atoms with Crippen molar-refractivity contribution >= 4 is 17.7 Å². The minimum atomic E-state index is -0.473. The number of benzene rings is 2. The summed E-state index contributed by atoms with van der Waals surface area (Å²) in [5, 5.41) is 7.64. The topological polar surface area (TPSA) is 84.6 Å². The second-order valence-electron chi connectivity index (χ2n) is 9.42. The largest absolute Gasteiger partial charge is 0.465 e. The van der Waals surface area contributed by atoms with Crippen molar-refractivity contribution in [2.24, 2.45) is 0 Å². The van der Waals surface area contributed by atoms with Crippen LogP contribution in [0.4, 0.5) is 10.5 Å². The smallest absolute Gasteiger partial charge is 0.325 e. The van der Waals surface area contributed by atoms with E-state index >= 15 is 0 Å². The summed E-state index contributed by atoms with van der Waals surface area (Å²) in [4.78, 5) is 29.6. The number of urea groups is 1. The number of esters is 1. The Hall–Kier alpha value is -4.53. The summed E-state index contributed by atoms with van der Waals surface area (Å²) in [5.41, 5.74) is 5.65. The maximum absolute atomic E-state index is 13.7. The number of amides is 2. The summed E-state index contributed by atoms with van der Waals surface area (Å²) in [6.07, 6.45) is 2.01. The molecule has 1 aliphatic heterocycles. The lowest BCUT2D eigenvalue weighted by atomic mass is 10.0. The number of nitrogens with zero attached hydrogens (tertiary/aromatic N) is 5. The Balaban J connectivity index is 1.64. The molecular weight excluding hydrogens is 480 g/mol. The van der Waals surface area contributed by atoms with Crippen LogP contribution < -0.4 is 10.2 Å². The van der Waals surface area contributed by atoms with Gasteiger partial charge in [0.25, 0.3) is 0 Å². The van der Waals surface area contributed by atoms with E-state index in [-0.39, 0.29) is 19.2 Å². The highest BCUT2D eigenvalue weighted by atomic mass is 16.5. The number of hydrogen-bond acceptors (Lipinski definition) is 5. The third-order valence-corrected chi connectivity index (χ3v) is 6.76. The average molecular weight is 513 g/mol. The molecule has 4 aromatic rings. The van der Waals surface area contributed by atoms with Crippen LogP contribution in [-0.2, 0) is 16.1 Å². The normalized spacial score (nSPS) is 14.3. The Labute approximate surface area is 222 Å². The number of nitrogens with one attached hydrogen (secondary N) is 1. The molecule has 9 nitrogen and oxygen atoms in total. The SMILES string of the molecule is CCOC(=O)CNC(=O)N1Cc2c(C)nn(-c3ccccc3)c2-n2cccc2[C@@H]1c1ccc(N(C)C)cc1. The minimum absolute atomic E-state index is 0.203. The van der Waals surface area contributed by atoms with Crippen LogP contribution in [0.1, 0.15) is 35.5 Å². The van der Waals surface area contributed by atoms with E-state index in [0.717, 1.165) is 39.7 Å². The predicted octanol–water partition coefficient (Wildman–Crippen LogP) is 4.22. The van der Waals surface area contributed by atoms with Crippen LogP contribution in [0.25, 0.3) is 11.5 Å². The van der Waals surface area contributed by atoms with Crippen LogP contribution >= 0.6 is 0 Å². The van der Waals surface area contributed by atoms with Crippen LogP contribution in [0.3, 0.4) is 0 Å². The standard InChI is InChI=1S/C29H32N6O3/c1-5-38-26(36)18-30-29(37)34-19-24-20(2)31-35(23-10-7-6-8-11-23)28(24)33-17-9-12-25(33)27(34)21-13-15-22(16-14-21)32(3)4/h6-17,27H,5,18-19H2,1-4H3,(H,30,37)/t27-/m0/s1. The van der Waals surface area contributed by atoms with E-state index in [1.165, 1.54) is 0 Å². The number of fused-ring (bicyclic) bond motifs is 3.